The molecule has 1 saturated heterocycles. The maximum Gasteiger partial charge on any atom is 0.0107 e. The molecule has 0 aromatic carbocycles. The summed E-state index contributed by atoms with van der Waals surface area (Å²) in [5.74, 6) is 1.50. The summed E-state index contributed by atoms with van der Waals surface area (Å²) in [4.78, 5) is 2.61. The molecule has 0 bridgehead atoms. The predicted octanol–water partition coefficient (Wildman–Crippen LogP) is 3.14. The quantitative estimate of drug-likeness (QED) is 0.611. The minimum absolute atomic E-state index is 0.692. The number of unbranched alkanes of at least 4 members (excludes halogenated alkanes) is 1. The average molecular weight is 272 g/mol. The lowest BCUT2D eigenvalue weighted by atomic mass is 9.75. The third kappa shape index (κ3) is 3.62. The van der Waals surface area contributed by atoms with Gasteiger partial charge in [0, 0.05) is 32.1 Å². The number of hydrogen-bond acceptors (Lipinski definition) is 2. The zero-order valence-corrected chi connectivity index (χ0v) is 12.6. The molecule has 1 heterocycles. The number of allylic oxidation sites excluding steroid dienone is 6. The van der Waals surface area contributed by atoms with Crippen molar-refractivity contribution in [1.82, 2.24) is 10.2 Å². The molecule has 0 radical (unpaired) electrons. The number of nitrogens with one attached hydrogen (secondary N) is 1. The summed E-state index contributed by atoms with van der Waals surface area (Å²) >= 11 is 0. The summed E-state index contributed by atoms with van der Waals surface area (Å²) < 4.78 is 0. The van der Waals surface area contributed by atoms with E-state index in [4.69, 9.17) is 0 Å². The molecule has 3 aliphatic rings. The van der Waals surface area contributed by atoms with Crippen LogP contribution in [0.2, 0.25) is 0 Å². The molecule has 0 aromatic rings. The maximum absolute atomic E-state index is 3.42. The molecule has 0 aromatic heterocycles. The lowest BCUT2D eigenvalue weighted by Gasteiger charge is -2.31. The maximum atomic E-state index is 3.42. The third-order valence-corrected chi connectivity index (χ3v) is 4.99. The zero-order valence-electron chi connectivity index (χ0n) is 12.6. The van der Waals surface area contributed by atoms with E-state index in [1.807, 2.05) is 0 Å². The lowest BCUT2D eigenvalue weighted by molar-refractivity contribution is 0.236. The lowest BCUT2D eigenvalue weighted by Crippen LogP contribution is -2.43. The van der Waals surface area contributed by atoms with Gasteiger partial charge in [0.25, 0.3) is 0 Å². The number of hydrogen-bond donors (Lipinski definition) is 1. The predicted molar refractivity (Wildman–Crippen MR) is 85.7 cm³/mol. The number of nitrogens with zero attached hydrogens (tertiary/aromatic N) is 1. The van der Waals surface area contributed by atoms with Gasteiger partial charge >= 0.3 is 0 Å². The molecule has 1 N–H and O–H groups in total. The Bertz CT molecular complexity index is 388. The van der Waals surface area contributed by atoms with Crippen LogP contribution in [-0.4, -0.2) is 37.6 Å². The fraction of sp³-hybridized carbons (Fsp3) is 0.667. The van der Waals surface area contributed by atoms with E-state index in [2.05, 4.69) is 40.6 Å². The molecule has 20 heavy (non-hydrogen) atoms. The van der Waals surface area contributed by atoms with Crippen LogP contribution < -0.4 is 5.32 Å². The van der Waals surface area contributed by atoms with Crippen molar-refractivity contribution < 1.29 is 0 Å². The molecule has 0 amide bonds. The van der Waals surface area contributed by atoms with E-state index in [1.165, 1.54) is 64.8 Å². The Labute approximate surface area is 123 Å². The molecule has 2 heteroatoms. The van der Waals surface area contributed by atoms with Gasteiger partial charge in [-0.15, -0.1) is 0 Å². The molecule has 1 fully saturated rings. The van der Waals surface area contributed by atoms with E-state index in [0.717, 1.165) is 5.92 Å². The Morgan fingerprint density at radius 1 is 1.15 bits per heavy atom. The Morgan fingerprint density at radius 3 is 2.95 bits per heavy atom. The fourth-order valence-corrected chi connectivity index (χ4v) is 3.79. The van der Waals surface area contributed by atoms with Crippen LogP contribution in [0.15, 0.2) is 36.0 Å². The fourth-order valence-electron chi connectivity index (χ4n) is 3.79. The molecule has 1 unspecified atom stereocenters. The molecule has 2 atom stereocenters. The van der Waals surface area contributed by atoms with Crippen LogP contribution in [0.3, 0.4) is 0 Å². The SMILES string of the molecule is C1=C[C@H]2C=CCCC2C(CCCCN2CCNCC2)=C1. The van der Waals surface area contributed by atoms with Gasteiger partial charge in [0.1, 0.15) is 0 Å². The highest BCUT2D eigenvalue weighted by atomic mass is 15.2. The molecule has 1 aliphatic heterocycles. The molecule has 3 rings (SSSR count). The molecule has 110 valence electrons. The van der Waals surface area contributed by atoms with Crippen LogP contribution in [0.1, 0.15) is 32.1 Å². The first kappa shape index (κ1) is 14.1. The normalized spacial score (nSPS) is 30.1. The largest absolute Gasteiger partial charge is 0.314 e. The minimum Gasteiger partial charge on any atom is -0.314 e. The highest BCUT2D eigenvalue weighted by molar-refractivity contribution is 5.27. The van der Waals surface area contributed by atoms with E-state index in [1.54, 1.807) is 5.57 Å². The van der Waals surface area contributed by atoms with E-state index in [9.17, 15) is 0 Å². The number of fused-ring (bicyclic) bond motifs is 1. The van der Waals surface area contributed by atoms with Gasteiger partial charge in [-0.25, -0.2) is 0 Å². The van der Waals surface area contributed by atoms with Crippen molar-refractivity contribution in [1.29, 1.82) is 0 Å². The first-order valence-corrected chi connectivity index (χ1v) is 8.40. The van der Waals surface area contributed by atoms with Crippen LogP contribution in [0.4, 0.5) is 0 Å². The first-order valence-electron chi connectivity index (χ1n) is 8.40. The van der Waals surface area contributed by atoms with Crippen LogP contribution in [0.25, 0.3) is 0 Å². The molecule has 2 nitrogen and oxygen atoms in total. The van der Waals surface area contributed by atoms with Crippen LogP contribution in [0, 0.1) is 11.8 Å². The summed E-state index contributed by atoms with van der Waals surface area (Å²) in [6.07, 6.45) is 18.5. The number of rotatable bonds is 5. The third-order valence-electron chi connectivity index (χ3n) is 4.99. The highest BCUT2D eigenvalue weighted by Gasteiger charge is 2.24. The highest BCUT2D eigenvalue weighted by Crippen LogP contribution is 2.36. The molecular weight excluding hydrogens is 244 g/mol. The van der Waals surface area contributed by atoms with E-state index < -0.39 is 0 Å². The summed E-state index contributed by atoms with van der Waals surface area (Å²) in [7, 11) is 0. The topological polar surface area (TPSA) is 15.3 Å². The van der Waals surface area contributed by atoms with Crippen molar-refractivity contribution in [2.75, 3.05) is 32.7 Å². The number of piperazine rings is 1. The molecular formula is C18H28N2. The second-order valence-electron chi connectivity index (χ2n) is 6.36. The second-order valence-corrected chi connectivity index (χ2v) is 6.36. The standard InChI is InChI=1S/C18H28N2/c1-2-10-18-16(6-1)8-5-9-17(18)7-3-4-13-20-14-11-19-12-15-20/h1,5-6,8-9,16,18-19H,2-4,7,10-15H2/t16-,18?/m1/s1. The van der Waals surface area contributed by atoms with Crippen molar-refractivity contribution in [2.24, 2.45) is 11.8 Å². The van der Waals surface area contributed by atoms with Crippen molar-refractivity contribution in [3.05, 3.63) is 36.0 Å². The second kappa shape index (κ2) is 7.24. The van der Waals surface area contributed by atoms with Gasteiger partial charge in [0.2, 0.25) is 0 Å². The summed E-state index contributed by atoms with van der Waals surface area (Å²) in [6.45, 7) is 6.11. The summed E-state index contributed by atoms with van der Waals surface area (Å²) in [5.41, 5.74) is 1.71. The van der Waals surface area contributed by atoms with Gasteiger partial charge in [-0.3, -0.25) is 0 Å². The summed E-state index contributed by atoms with van der Waals surface area (Å²) in [5, 5.41) is 3.42. The Kier molecular flexibility index (Phi) is 5.10. The smallest absolute Gasteiger partial charge is 0.0107 e. The van der Waals surface area contributed by atoms with Crippen molar-refractivity contribution in [3.63, 3.8) is 0 Å². The van der Waals surface area contributed by atoms with Gasteiger partial charge in [0.05, 0.1) is 0 Å². The zero-order chi connectivity index (χ0) is 13.6. The summed E-state index contributed by atoms with van der Waals surface area (Å²) in [6, 6.07) is 0. The van der Waals surface area contributed by atoms with Crippen molar-refractivity contribution in [3.8, 4) is 0 Å². The van der Waals surface area contributed by atoms with Crippen molar-refractivity contribution in [2.45, 2.75) is 32.1 Å². The minimum atomic E-state index is 0.692. The van der Waals surface area contributed by atoms with Gasteiger partial charge in [-0.2, -0.15) is 0 Å². The molecule has 0 spiro atoms. The van der Waals surface area contributed by atoms with Crippen LogP contribution in [-0.2, 0) is 0 Å². The van der Waals surface area contributed by atoms with E-state index in [-0.39, 0.29) is 0 Å². The molecule has 0 saturated carbocycles. The van der Waals surface area contributed by atoms with E-state index >= 15 is 0 Å². The van der Waals surface area contributed by atoms with E-state index in [0.29, 0.717) is 5.92 Å². The first-order chi connectivity index (χ1) is 9.93. The van der Waals surface area contributed by atoms with Gasteiger partial charge < -0.3 is 10.2 Å². The van der Waals surface area contributed by atoms with Gasteiger partial charge in [0.15, 0.2) is 0 Å². The van der Waals surface area contributed by atoms with Gasteiger partial charge in [-0.05, 0) is 44.6 Å². The van der Waals surface area contributed by atoms with Crippen LogP contribution >= 0.6 is 0 Å². The van der Waals surface area contributed by atoms with Crippen LogP contribution in [0.5, 0.6) is 0 Å². The van der Waals surface area contributed by atoms with Gasteiger partial charge in [-0.1, -0.05) is 36.0 Å². The van der Waals surface area contributed by atoms with Crippen molar-refractivity contribution >= 4 is 0 Å². The Morgan fingerprint density at radius 2 is 2.05 bits per heavy atom. The Balaban J connectivity index is 1.40. The monoisotopic (exact) mass is 272 g/mol. The average Bonchev–Trinajstić information content (AvgIpc) is 2.53. The Hall–Kier alpha value is -0.860. The molecule has 2 aliphatic carbocycles.